The highest BCUT2D eigenvalue weighted by atomic mass is 16.7. The molecule has 0 aromatic heterocycles. The van der Waals surface area contributed by atoms with E-state index in [4.69, 9.17) is 33.2 Å². The molecule has 0 radical (unpaired) electrons. The Morgan fingerprint density at radius 2 is 1.57 bits per heavy atom. The topological polar surface area (TPSA) is 234 Å². The first-order chi connectivity index (χ1) is 28.6. The van der Waals surface area contributed by atoms with Gasteiger partial charge in [-0.3, -0.25) is 4.79 Å². The summed E-state index contributed by atoms with van der Waals surface area (Å²) in [5.41, 5.74) is -2.00. The summed E-state index contributed by atoms with van der Waals surface area (Å²) >= 11 is 0. The monoisotopic (exact) mass is 862 g/mol. The number of unbranched alkanes of at least 4 members (excludes halogenated alkanes) is 1. The van der Waals surface area contributed by atoms with Crippen LogP contribution in [0.5, 0.6) is 0 Å². The van der Waals surface area contributed by atoms with E-state index in [-0.39, 0.29) is 50.5 Å². The lowest BCUT2D eigenvalue weighted by Crippen LogP contribution is -2.62. The molecular weight excluding hydrogens is 796 g/mol. The molecule has 6 bridgehead atoms. The second kappa shape index (κ2) is 21.1. The number of carbonyl (C=O) groups excluding carboxylic acids is 4. The van der Waals surface area contributed by atoms with Gasteiger partial charge in [0.15, 0.2) is 11.9 Å². The molecule has 0 spiro atoms. The van der Waals surface area contributed by atoms with Crippen molar-refractivity contribution in [3.05, 3.63) is 59.8 Å². The predicted octanol–water partition coefficient (Wildman–Crippen LogP) is 3.71. The Kier molecular flexibility index (Phi) is 17.3. The summed E-state index contributed by atoms with van der Waals surface area (Å²) in [5, 5.41) is 58.3. The Morgan fingerprint density at radius 3 is 2.23 bits per heavy atom. The van der Waals surface area contributed by atoms with Crippen molar-refractivity contribution in [2.45, 2.75) is 172 Å². The number of esters is 4. The molecule has 4 rings (SSSR count). The van der Waals surface area contributed by atoms with E-state index in [0.29, 0.717) is 5.57 Å². The summed E-state index contributed by atoms with van der Waals surface area (Å²) < 4.78 is 40.7. The number of rotatable bonds is 8. The summed E-state index contributed by atoms with van der Waals surface area (Å²) in [6, 6.07) is 0. The standard InChI is InChI=1S/C45H66O16/c1-9-10-11-12-13-14-37(49)59-41-29(21-39(51)56-8)20-32-24-35(27(2)46)58-40(52)23-30(47)22-33-25-36(48)43(5,6)44(53,60-33)26-34-18-28(19-38(50)55-7)17-31(57-34)15-16-42(3,4)45(41,54)61-32/h11-16,19,21,27,30-36,41,46-48,53-54H,9-10,17-18,20,22-26H2,1-8H3/b12-11+,14-13+,16-15+,28-19+,29-21+/t27-,30-,31+,32+,33-,34+,35-,36+,41+,44+,45-/m1/s1. The van der Waals surface area contributed by atoms with Crippen molar-refractivity contribution in [2.24, 2.45) is 10.8 Å². The molecule has 61 heavy (non-hydrogen) atoms. The number of cyclic esters (lactones) is 1. The molecule has 342 valence electrons. The maximum atomic E-state index is 13.4. The average molecular weight is 863 g/mol. The summed E-state index contributed by atoms with van der Waals surface area (Å²) in [7, 11) is 2.41. The molecule has 11 atom stereocenters. The predicted molar refractivity (Wildman–Crippen MR) is 219 cm³/mol. The average Bonchev–Trinajstić information content (AvgIpc) is 3.16. The molecule has 3 saturated heterocycles. The third-order valence-electron chi connectivity index (χ3n) is 12.1. The van der Waals surface area contributed by atoms with Gasteiger partial charge in [-0.15, -0.1) is 0 Å². The molecule has 0 aromatic rings. The van der Waals surface area contributed by atoms with Crippen LogP contribution >= 0.6 is 0 Å². The van der Waals surface area contributed by atoms with Crippen LogP contribution in [0.2, 0.25) is 0 Å². The van der Waals surface area contributed by atoms with Crippen LogP contribution in [-0.2, 0) is 52.3 Å². The van der Waals surface area contributed by atoms with E-state index in [0.717, 1.165) is 18.9 Å². The SMILES string of the molecule is CCC/C=C/C=C/C(=O)O[C@H]1/C(=C/C(=O)OC)C[C@H]2C[C@H]([C@@H](C)O)OC(=O)C[C@H](O)C[C@@H]3C[C@H](O)C(C)(C)[C@](O)(C[C@@H]4C/C(=C/C(=O)OC)C[C@H](/C=C/C(C)(C)[C@]1(O)O2)O4)O3. The van der Waals surface area contributed by atoms with Crippen LogP contribution in [0.25, 0.3) is 0 Å². The van der Waals surface area contributed by atoms with Crippen molar-refractivity contribution in [1.82, 2.24) is 0 Å². The van der Waals surface area contributed by atoms with E-state index in [1.165, 1.54) is 39.4 Å². The van der Waals surface area contributed by atoms with Gasteiger partial charge in [0.2, 0.25) is 5.79 Å². The van der Waals surface area contributed by atoms with Gasteiger partial charge in [-0.2, -0.15) is 0 Å². The van der Waals surface area contributed by atoms with Gasteiger partial charge in [0.05, 0.1) is 63.4 Å². The van der Waals surface area contributed by atoms with Gasteiger partial charge in [0, 0.05) is 54.7 Å². The second-order valence-corrected chi connectivity index (χ2v) is 17.7. The Labute approximate surface area is 358 Å². The van der Waals surface area contributed by atoms with Crippen LogP contribution in [0, 0.1) is 10.8 Å². The lowest BCUT2D eigenvalue weighted by Gasteiger charge is -2.53. The summed E-state index contributed by atoms with van der Waals surface area (Å²) in [5.74, 6) is -7.61. The number of carbonyl (C=O) groups is 4. The van der Waals surface area contributed by atoms with E-state index >= 15 is 0 Å². The third-order valence-corrected chi connectivity index (χ3v) is 12.1. The minimum absolute atomic E-state index is 0.0448. The minimum Gasteiger partial charge on any atom is -0.466 e. The molecule has 0 saturated carbocycles. The molecule has 5 N–H and O–H groups in total. The van der Waals surface area contributed by atoms with Crippen molar-refractivity contribution in [3.63, 3.8) is 0 Å². The zero-order valence-electron chi connectivity index (χ0n) is 36.6. The maximum absolute atomic E-state index is 13.4. The molecule has 0 aromatic carbocycles. The number of hydrogen-bond donors (Lipinski definition) is 5. The van der Waals surface area contributed by atoms with Crippen molar-refractivity contribution in [1.29, 1.82) is 0 Å². The van der Waals surface area contributed by atoms with Crippen LogP contribution in [0.1, 0.15) is 106 Å². The van der Waals surface area contributed by atoms with Crippen LogP contribution in [0.15, 0.2) is 59.8 Å². The summed E-state index contributed by atoms with van der Waals surface area (Å²) in [4.78, 5) is 52.0. The zero-order valence-corrected chi connectivity index (χ0v) is 36.6. The Balaban J connectivity index is 1.87. The van der Waals surface area contributed by atoms with Gasteiger partial charge in [-0.1, -0.05) is 77.0 Å². The maximum Gasteiger partial charge on any atom is 0.331 e. The van der Waals surface area contributed by atoms with Crippen molar-refractivity contribution >= 4 is 23.9 Å². The fourth-order valence-electron chi connectivity index (χ4n) is 8.20. The van der Waals surface area contributed by atoms with E-state index in [1.807, 2.05) is 13.0 Å². The van der Waals surface area contributed by atoms with E-state index in [1.54, 1.807) is 45.9 Å². The van der Waals surface area contributed by atoms with E-state index < -0.39 is 108 Å². The van der Waals surface area contributed by atoms with Gasteiger partial charge < -0.3 is 58.7 Å². The number of allylic oxidation sites excluding steroid dienone is 3. The number of hydrogen-bond acceptors (Lipinski definition) is 16. The van der Waals surface area contributed by atoms with Gasteiger partial charge in [-0.05, 0) is 38.2 Å². The first-order valence-electron chi connectivity index (χ1n) is 21.0. The first-order valence-corrected chi connectivity index (χ1v) is 21.0. The molecule has 4 heterocycles. The molecule has 16 heteroatoms. The fraction of sp³-hybridized carbons (Fsp3) is 0.689. The molecule has 0 amide bonds. The van der Waals surface area contributed by atoms with Crippen molar-refractivity contribution in [2.75, 3.05) is 14.2 Å². The third kappa shape index (κ3) is 12.7. The number of ether oxygens (including phenoxy) is 7. The number of fused-ring (bicyclic) bond motifs is 6. The highest BCUT2D eigenvalue weighted by Gasteiger charge is 2.59. The van der Waals surface area contributed by atoms with E-state index in [9.17, 15) is 44.7 Å². The second-order valence-electron chi connectivity index (χ2n) is 17.7. The molecule has 0 unspecified atom stereocenters. The van der Waals surface area contributed by atoms with E-state index in [2.05, 4.69) is 0 Å². The quantitative estimate of drug-likeness (QED) is 0.0770. The van der Waals surface area contributed by atoms with Crippen LogP contribution < -0.4 is 0 Å². The Bertz CT molecular complexity index is 1710. The van der Waals surface area contributed by atoms with Gasteiger partial charge in [-0.25, -0.2) is 14.4 Å². The summed E-state index contributed by atoms with van der Waals surface area (Å²) in [6.07, 6.45) is 2.75. The lowest BCUT2D eigenvalue weighted by atomic mass is 9.70. The highest BCUT2D eigenvalue weighted by molar-refractivity contribution is 5.84. The van der Waals surface area contributed by atoms with Crippen LogP contribution in [-0.4, -0.2) is 130 Å². The van der Waals surface area contributed by atoms with Crippen LogP contribution in [0.3, 0.4) is 0 Å². The molecule has 4 aliphatic heterocycles. The Hall–Kier alpha value is -3.74. The van der Waals surface area contributed by atoms with Crippen LogP contribution in [0.4, 0.5) is 0 Å². The lowest BCUT2D eigenvalue weighted by molar-refractivity contribution is -0.348. The number of methoxy groups -OCH3 is 2. The smallest absolute Gasteiger partial charge is 0.331 e. The first kappa shape index (κ1) is 49.9. The van der Waals surface area contributed by atoms with Crippen molar-refractivity contribution in [3.8, 4) is 0 Å². The zero-order chi connectivity index (χ0) is 45.3. The molecule has 3 fully saturated rings. The normalized spacial score (nSPS) is 37.1. The minimum atomic E-state index is -2.45. The van der Waals surface area contributed by atoms with Gasteiger partial charge in [0.25, 0.3) is 0 Å². The molecule has 0 aliphatic carbocycles. The van der Waals surface area contributed by atoms with Crippen molar-refractivity contribution < 1.29 is 77.9 Å². The number of aliphatic hydroxyl groups excluding tert-OH is 3. The number of aliphatic hydroxyl groups is 5. The Morgan fingerprint density at radius 1 is 0.885 bits per heavy atom. The largest absolute Gasteiger partial charge is 0.466 e. The van der Waals surface area contributed by atoms with Gasteiger partial charge >= 0.3 is 23.9 Å². The molecular formula is C45H66O16. The fourth-order valence-corrected chi connectivity index (χ4v) is 8.20. The highest BCUT2D eigenvalue weighted by Crippen LogP contribution is 2.49. The molecule has 16 nitrogen and oxygen atoms in total. The molecule has 4 aliphatic rings. The van der Waals surface area contributed by atoms with Gasteiger partial charge in [0.1, 0.15) is 6.10 Å². The summed E-state index contributed by atoms with van der Waals surface area (Å²) in [6.45, 7) is 9.92.